The van der Waals surface area contributed by atoms with E-state index in [2.05, 4.69) is 4.98 Å². The zero-order valence-electron chi connectivity index (χ0n) is 7.23. The van der Waals surface area contributed by atoms with E-state index in [4.69, 9.17) is 15.9 Å². The number of hydrogen-bond acceptors (Lipinski definition) is 3. The normalized spacial score (nSPS) is 12.4. The maximum atomic E-state index is 10.5. The quantitative estimate of drug-likeness (QED) is 0.528. The molecule has 0 unspecified atom stereocenters. The highest BCUT2D eigenvalue weighted by atomic mass is 16.4. The third-order valence-corrected chi connectivity index (χ3v) is 1.75. The van der Waals surface area contributed by atoms with Crippen molar-refractivity contribution >= 4 is 11.9 Å². The van der Waals surface area contributed by atoms with Crippen LogP contribution in [0.25, 0.3) is 0 Å². The Morgan fingerprint density at radius 1 is 1.50 bits per heavy atom. The fourth-order valence-corrected chi connectivity index (χ4v) is 1.02. The fraction of sp³-hybridized carbons (Fsp3) is 0.250. The number of rotatable bonds is 4. The minimum atomic E-state index is -1.11. The van der Waals surface area contributed by atoms with Gasteiger partial charge in [-0.3, -0.25) is 4.79 Å². The van der Waals surface area contributed by atoms with Gasteiger partial charge in [-0.1, -0.05) is 0 Å². The zero-order valence-corrected chi connectivity index (χ0v) is 7.23. The summed E-state index contributed by atoms with van der Waals surface area (Å²) in [7, 11) is 0. The van der Waals surface area contributed by atoms with Crippen molar-refractivity contribution in [1.29, 1.82) is 0 Å². The Morgan fingerprint density at radius 3 is 2.57 bits per heavy atom. The molecule has 0 radical (unpaired) electrons. The summed E-state index contributed by atoms with van der Waals surface area (Å²) in [4.78, 5) is 23.3. The minimum absolute atomic E-state index is 0.0255. The molecule has 14 heavy (non-hydrogen) atoms. The molecular formula is C8H10N2O4. The number of carboxylic acids is 2. The highest BCUT2D eigenvalue weighted by molar-refractivity contribution is 5.85. The first-order chi connectivity index (χ1) is 6.50. The number of nitrogens with one attached hydrogen (secondary N) is 1. The first-order valence-corrected chi connectivity index (χ1v) is 3.89. The monoisotopic (exact) mass is 198 g/mol. The molecule has 1 aromatic rings. The average Bonchev–Trinajstić information content (AvgIpc) is 2.52. The third-order valence-electron chi connectivity index (χ3n) is 1.75. The smallest absolute Gasteiger partial charge is 0.352 e. The molecule has 6 nitrogen and oxygen atoms in total. The Labute approximate surface area is 79.4 Å². The fourth-order valence-electron chi connectivity index (χ4n) is 1.02. The molecule has 0 aliphatic carbocycles. The van der Waals surface area contributed by atoms with Crippen LogP contribution in [0.1, 0.15) is 16.1 Å². The van der Waals surface area contributed by atoms with E-state index in [0.717, 1.165) is 0 Å². The van der Waals surface area contributed by atoms with Gasteiger partial charge in [-0.2, -0.15) is 0 Å². The van der Waals surface area contributed by atoms with E-state index in [-0.39, 0.29) is 12.1 Å². The molecule has 0 amide bonds. The summed E-state index contributed by atoms with van der Waals surface area (Å²) in [5.41, 5.74) is 5.87. The van der Waals surface area contributed by atoms with Crippen molar-refractivity contribution in [3.8, 4) is 0 Å². The highest BCUT2D eigenvalue weighted by Gasteiger charge is 2.14. The van der Waals surface area contributed by atoms with E-state index in [0.29, 0.717) is 5.56 Å². The van der Waals surface area contributed by atoms with Crippen molar-refractivity contribution in [2.24, 2.45) is 5.73 Å². The van der Waals surface area contributed by atoms with Crippen molar-refractivity contribution in [3.63, 3.8) is 0 Å². The predicted molar refractivity (Wildman–Crippen MR) is 47.1 cm³/mol. The molecule has 1 rings (SSSR count). The number of nitrogens with two attached hydrogens (primary N) is 1. The van der Waals surface area contributed by atoms with Crippen molar-refractivity contribution in [2.75, 3.05) is 0 Å². The lowest BCUT2D eigenvalue weighted by atomic mass is 10.1. The molecule has 0 aromatic carbocycles. The van der Waals surface area contributed by atoms with E-state index in [1.807, 2.05) is 0 Å². The Morgan fingerprint density at radius 2 is 2.14 bits per heavy atom. The summed E-state index contributed by atoms with van der Waals surface area (Å²) in [5, 5.41) is 17.1. The predicted octanol–water partition coefficient (Wildman–Crippen LogP) is -0.333. The van der Waals surface area contributed by atoms with Crippen molar-refractivity contribution in [2.45, 2.75) is 12.5 Å². The number of aromatic carboxylic acids is 1. The van der Waals surface area contributed by atoms with Gasteiger partial charge < -0.3 is 20.9 Å². The van der Waals surface area contributed by atoms with Crippen LogP contribution in [0.3, 0.4) is 0 Å². The molecule has 0 aliphatic heterocycles. The number of carboxylic acid groups (broad SMARTS) is 2. The molecule has 0 saturated carbocycles. The standard InChI is InChI=1S/C8H10N2O4/c9-5(7(11)12)1-4-2-6(8(13)14)10-3-4/h2-3,5,10H,1,9H2,(H,11,12)(H,13,14)/t5-/m0/s1. The van der Waals surface area contributed by atoms with Gasteiger partial charge in [0.1, 0.15) is 11.7 Å². The summed E-state index contributed by atoms with van der Waals surface area (Å²) in [6.45, 7) is 0. The van der Waals surface area contributed by atoms with Crippen LogP contribution in [0.2, 0.25) is 0 Å². The summed E-state index contributed by atoms with van der Waals surface area (Å²) in [5.74, 6) is -2.19. The SMILES string of the molecule is N[C@@H](Cc1c[nH]c(C(=O)O)c1)C(=O)O. The first kappa shape index (κ1) is 10.3. The maximum Gasteiger partial charge on any atom is 0.352 e. The lowest BCUT2D eigenvalue weighted by molar-refractivity contribution is -0.138. The molecule has 1 aromatic heterocycles. The number of aliphatic carboxylic acids is 1. The number of H-pyrrole nitrogens is 1. The number of aromatic nitrogens is 1. The highest BCUT2D eigenvalue weighted by Crippen LogP contribution is 2.05. The second kappa shape index (κ2) is 3.93. The van der Waals surface area contributed by atoms with Crippen LogP contribution in [-0.2, 0) is 11.2 Å². The van der Waals surface area contributed by atoms with Crippen molar-refractivity contribution in [1.82, 2.24) is 4.98 Å². The third kappa shape index (κ3) is 2.33. The number of carbonyl (C=O) groups is 2. The van der Waals surface area contributed by atoms with Crippen LogP contribution in [-0.4, -0.2) is 33.2 Å². The zero-order chi connectivity index (χ0) is 10.7. The molecular weight excluding hydrogens is 188 g/mol. The van der Waals surface area contributed by atoms with Crippen LogP contribution in [0.5, 0.6) is 0 Å². The summed E-state index contributed by atoms with van der Waals surface area (Å²) in [6.07, 6.45) is 1.55. The Bertz CT molecular complexity index is 358. The molecule has 0 fully saturated rings. The molecule has 1 atom stereocenters. The van der Waals surface area contributed by atoms with Gasteiger partial charge in [-0.15, -0.1) is 0 Å². The van der Waals surface area contributed by atoms with Gasteiger partial charge in [-0.25, -0.2) is 4.79 Å². The Kier molecular flexibility index (Phi) is 2.88. The largest absolute Gasteiger partial charge is 0.480 e. The van der Waals surface area contributed by atoms with E-state index in [1.165, 1.54) is 12.3 Å². The molecule has 6 heteroatoms. The molecule has 5 N–H and O–H groups in total. The second-order valence-electron chi connectivity index (χ2n) is 2.88. The van der Waals surface area contributed by atoms with Crippen LogP contribution >= 0.6 is 0 Å². The van der Waals surface area contributed by atoms with Crippen LogP contribution < -0.4 is 5.73 Å². The van der Waals surface area contributed by atoms with Gasteiger partial charge >= 0.3 is 11.9 Å². The topological polar surface area (TPSA) is 116 Å². The van der Waals surface area contributed by atoms with E-state index < -0.39 is 18.0 Å². The first-order valence-electron chi connectivity index (χ1n) is 3.89. The van der Waals surface area contributed by atoms with Crippen LogP contribution in [0, 0.1) is 0 Å². The minimum Gasteiger partial charge on any atom is -0.480 e. The van der Waals surface area contributed by atoms with Crippen molar-refractivity contribution in [3.05, 3.63) is 23.5 Å². The molecule has 0 bridgehead atoms. The van der Waals surface area contributed by atoms with E-state index in [1.54, 1.807) is 0 Å². The summed E-state index contributed by atoms with van der Waals surface area (Å²) in [6, 6.07) is 0.359. The van der Waals surface area contributed by atoms with E-state index in [9.17, 15) is 9.59 Å². The van der Waals surface area contributed by atoms with Gasteiger partial charge in [0.05, 0.1) is 0 Å². The Balaban J connectivity index is 2.69. The number of aromatic amines is 1. The number of hydrogen-bond donors (Lipinski definition) is 4. The average molecular weight is 198 g/mol. The van der Waals surface area contributed by atoms with Crippen LogP contribution in [0.15, 0.2) is 12.3 Å². The summed E-state index contributed by atoms with van der Waals surface area (Å²) < 4.78 is 0. The Hall–Kier alpha value is -1.82. The van der Waals surface area contributed by atoms with Gasteiger partial charge in [0.15, 0.2) is 0 Å². The van der Waals surface area contributed by atoms with Gasteiger partial charge in [0, 0.05) is 6.20 Å². The molecule has 76 valence electrons. The molecule has 0 spiro atoms. The summed E-state index contributed by atoms with van der Waals surface area (Å²) >= 11 is 0. The molecule has 1 heterocycles. The van der Waals surface area contributed by atoms with Crippen LogP contribution in [0.4, 0.5) is 0 Å². The lowest BCUT2D eigenvalue weighted by Gasteiger charge is -2.02. The second-order valence-corrected chi connectivity index (χ2v) is 2.88. The van der Waals surface area contributed by atoms with Gasteiger partial charge in [0.25, 0.3) is 0 Å². The van der Waals surface area contributed by atoms with Crippen molar-refractivity contribution < 1.29 is 19.8 Å². The molecule has 0 aliphatic rings. The lowest BCUT2D eigenvalue weighted by Crippen LogP contribution is -2.32. The molecule has 0 saturated heterocycles. The van der Waals surface area contributed by atoms with Gasteiger partial charge in [-0.05, 0) is 18.1 Å². The van der Waals surface area contributed by atoms with Gasteiger partial charge in [0.2, 0.25) is 0 Å². The maximum absolute atomic E-state index is 10.5. The van der Waals surface area contributed by atoms with E-state index >= 15 is 0 Å².